The number of alkyl halides is 3. The molecule has 0 aliphatic rings. The molecule has 2 amide bonds. The highest BCUT2D eigenvalue weighted by Crippen LogP contribution is 2.18. The normalized spacial score (nSPS) is 12.6. The van der Waals surface area contributed by atoms with Gasteiger partial charge in [0.2, 0.25) is 5.91 Å². The van der Waals surface area contributed by atoms with Crippen LogP contribution in [0.5, 0.6) is 0 Å². The molecule has 23 heavy (non-hydrogen) atoms. The second-order valence-electron chi connectivity index (χ2n) is 5.21. The molecule has 0 saturated carbocycles. The number of aryl methyl sites for hydroxylation is 1. The van der Waals surface area contributed by atoms with E-state index in [0.29, 0.717) is 17.7 Å². The highest BCUT2D eigenvalue weighted by molar-refractivity contribution is 5.99. The van der Waals surface area contributed by atoms with Crippen molar-refractivity contribution in [3.63, 3.8) is 0 Å². The van der Waals surface area contributed by atoms with Crippen LogP contribution in [0, 0.1) is 6.92 Å². The molecule has 0 fully saturated rings. The van der Waals surface area contributed by atoms with Crippen LogP contribution < -0.4 is 16.4 Å². The first-order chi connectivity index (χ1) is 10.6. The van der Waals surface area contributed by atoms with Crippen LogP contribution in [0.2, 0.25) is 0 Å². The van der Waals surface area contributed by atoms with Gasteiger partial charge in [-0.3, -0.25) is 9.59 Å². The van der Waals surface area contributed by atoms with Crippen LogP contribution in [-0.2, 0) is 4.79 Å². The molecular formula is C15H20F3N3O2. The van der Waals surface area contributed by atoms with Gasteiger partial charge in [-0.15, -0.1) is 0 Å². The number of hydrogen-bond donors (Lipinski definition) is 3. The molecule has 1 aromatic rings. The molecule has 1 aromatic carbocycles. The Labute approximate surface area is 132 Å². The lowest BCUT2D eigenvalue weighted by Gasteiger charge is -2.14. The Morgan fingerprint density at radius 1 is 1.30 bits per heavy atom. The minimum absolute atomic E-state index is 0.0270. The van der Waals surface area contributed by atoms with Gasteiger partial charge in [-0.25, -0.2) is 0 Å². The quantitative estimate of drug-likeness (QED) is 0.748. The fourth-order valence-electron chi connectivity index (χ4n) is 1.85. The summed E-state index contributed by atoms with van der Waals surface area (Å²) in [6.07, 6.45) is -3.23. The van der Waals surface area contributed by atoms with E-state index in [-0.39, 0.29) is 5.56 Å². The Hall–Kier alpha value is -2.09. The third-order valence-electron chi connectivity index (χ3n) is 3.14. The number of nitrogens with two attached hydrogens (primary N) is 1. The maximum atomic E-state index is 12.1. The Morgan fingerprint density at radius 3 is 2.52 bits per heavy atom. The minimum atomic E-state index is -4.48. The van der Waals surface area contributed by atoms with Gasteiger partial charge < -0.3 is 16.4 Å². The zero-order valence-electron chi connectivity index (χ0n) is 13.0. The van der Waals surface area contributed by atoms with Crippen LogP contribution in [0.3, 0.4) is 0 Å². The van der Waals surface area contributed by atoms with Crippen molar-refractivity contribution in [1.29, 1.82) is 0 Å². The Bertz CT molecular complexity index is 574. The zero-order chi connectivity index (χ0) is 17.6. The third kappa shape index (κ3) is 6.27. The standard InChI is InChI=1S/C15H20F3N3O2/c1-3-4-11(19)14(23)21-12-7-10(6-5-9(12)2)13(22)20-8-15(16,17)18/h5-7,11H,3-4,8,19H2,1-2H3,(H,20,22)(H,21,23). The lowest BCUT2D eigenvalue weighted by Crippen LogP contribution is -2.36. The summed E-state index contributed by atoms with van der Waals surface area (Å²) in [4.78, 5) is 23.6. The lowest BCUT2D eigenvalue weighted by molar-refractivity contribution is -0.123. The SMILES string of the molecule is CCCC(N)C(=O)Nc1cc(C(=O)NCC(F)(F)F)ccc1C. The van der Waals surface area contributed by atoms with Gasteiger partial charge >= 0.3 is 6.18 Å². The number of carbonyl (C=O) groups is 2. The summed E-state index contributed by atoms with van der Waals surface area (Å²) in [7, 11) is 0. The summed E-state index contributed by atoms with van der Waals surface area (Å²) in [5.74, 6) is -1.27. The summed E-state index contributed by atoms with van der Waals surface area (Å²) in [6.45, 7) is 2.19. The fourth-order valence-corrected chi connectivity index (χ4v) is 1.85. The number of rotatable bonds is 6. The number of anilines is 1. The van der Waals surface area contributed by atoms with Crippen LogP contribution >= 0.6 is 0 Å². The van der Waals surface area contributed by atoms with Gasteiger partial charge in [-0.2, -0.15) is 13.2 Å². The minimum Gasteiger partial charge on any atom is -0.343 e. The van der Waals surface area contributed by atoms with Gasteiger partial charge in [0.15, 0.2) is 0 Å². The molecule has 128 valence electrons. The van der Waals surface area contributed by atoms with E-state index in [1.54, 1.807) is 18.3 Å². The zero-order valence-corrected chi connectivity index (χ0v) is 13.0. The van der Waals surface area contributed by atoms with E-state index in [0.717, 1.165) is 6.42 Å². The van der Waals surface area contributed by atoms with E-state index in [9.17, 15) is 22.8 Å². The molecule has 5 nitrogen and oxygen atoms in total. The third-order valence-corrected chi connectivity index (χ3v) is 3.14. The lowest BCUT2D eigenvalue weighted by atomic mass is 10.1. The van der Waals surface area contributed by atoms with Gasteiger partial charge in [0.1, 0.15) is 6.54 Å². The van der Waals surface area contributed by atoms with E-state index >= 15 is 0 Å². The summed E-state index contributed by atoms with van der Waals surface area (Å²) in [6, 6.07) is 3.59. The molecule has 0 spiro atoms. The summed E-state index contributed by atoms with van der Waals surface area (Å²) in [5.41, 5.74) is 6.75. The predicted molar refractivity (Wildman–Crippen MR) is 81.1 cm³/mol. The smallest absolute Gasteiger partial charge is 0.343 e. The van der Waals surface area contributed by atoms with Crippen molar-refractivity contribution < 1.29 is 22.8 Å². The van der Waals surface area contributed by atoms with Crippen molar-refractivity contribution >= 4 is 17.5 Å². The first-order valence-corrected chi connectivity index (χ1v) is 7.16. The van der Waals surface area contributed by atoms with Crippen molar-refractivity contribution in [3.05, 3.63) is 29.3 Å². The Kier molecular flexibility index (Phi) is 6.56. The monoisotopic (exact) mass is 331 g/mol. The Morgan fingerprint density at radius 2 is 1.96 bits per heavy atom. The van der Waals surface area contributed by atoms with Crippen LogP contribution in [0.15, 0.2) is 18.2 Å². The van der Waals surface area contributed by atoms with Crippen molar-refractivity contribution in [1.82, 2.24) is 5.32 Å². The van der Waals surface area contributed by atoms with Gasteiger partial charge in [-0.1, -0.05) is 19.4 Å². The van der Waals surface area contributed by atoms with Crippen molar-refractivity contribution in [3.8, 4) is 0 Å². The number of halogens is 3. The van der Waals surface area contributed by atoms with Gasteiger partial charge in [0.05, 0.1) is 6.04 Å². The predicted octanol–water partition coefficient (Wildman–Crippen LogP) is 2.35. The van der Waals surface area contributed by atoms with E-state index in [4.69, 9.17) is 5.73 Å². The van der Waals surface area contributed by atoms with E-state index in [1.165, 1.54) is 12.1 Å². The van der Waals surface area contributed by atoms with Crippen LogP contribution in [0.1, 0.15) is 35.7 Å². The summed E-state index contributed by atoms with van der Waals surface area (Å²) < 4.78 is 36.4. The number of benzene rings is 1. The maximum Gasteiger partial charge on any atom is 0.405 e. The molecule has 0 aliphatic heterocycles. The average Bonchev–Trinajstić information content (AvgIpc) is 2.46. The summed E-state index contributed by atoms with van der Waals surface area (Å²) in [5, 5.41) is 4.38. The van der Waals surface area contributed by atoms with Gasteiger partial charge in [0.25, 0.3) is 5.91 Å². The van der Waals surface area contributed by atoms with Crippen LogP contribution in [-0.4, -0.2) is 30.6 Å². The first kappa shape index (κ1) is 19.0. The molecule has 0 radical (unpaired) electrons. The van der Waals surface area contributed by atoms with E-state index < -0.39 is 30.6 Å². The molecule has 8 heteroatoms. The molecular weight excluding hydrogens is 311 g/mol. The molecule has 1 unspecified atom stereocenters. The highest BCUT2D eigenvalue weighted by Gasteiger charge is 2.28. The van der Waals surface area contributed by atoms with Crippen LogP contribution in [0.4, 0.5) is 18.9 Å². The molecule has 1 rings (SSSR count). The first-order valence-electron chi connectivity index (χ1n) is 7.16. The van der Waals surface area contributed by atoms with Gasteiger partial charge in [-0.05, 0) is 31.0 Å². The van der Waals surface area contributed by atoms with Crippen molar-refractivity contribution in [2.75, 3.05) is 11.9 Å². The number of amides is 2. The molecule has 0 saturated heterocycles. The van der Waals surface area contributed by atoms with E-state index in [2.05, 4.69) is 5.32 Å². The number of hydrogen-bond acceptors (Lipinski definition) is 3. The van der Waals surface area contributed by atoms with Crippen molar-refractivity contribution in [2.45, 2.75) is 38.9 Å². The second kappa shape index (κ2) is 7.96. The average molecular weight is 331 g/mol. The molecule has 0 aliphatic carbocycles. The maximum absolute atomic E-state index is 12.1. The highest BCUT2D eigenvalue weighted by atomic mass is 19.4. The molecule has 0 bridgehead atoms. The molecule has 0 heterocycles. The van der Waals surface area contributed by atoms with Crippen molar-refractivity contribution in [2.24, 2.45) is 5.73 Å². The fraction of sp³-hybridized carbons (Fsp3) is 0.467. The number of nitrogens with one attached hydrogen (secondary N) is 2. The molecule has 0 aromatic heterocycles. The molecule has 1 atom stereocenters. The number of carbonyl (C=O) groups excluding carboxylic acids is 2. The Balaban J connectivity index is 2.83. The van der Waals surface area contributed by atoms with E-state index in [1.807, 2.05) is 6.92 Å². The van der Waals surface area contributed by atoms with Gasteiger partial charge in [0, 0.05) is 11.3 Å². The van der Waals surface area contributed by atoms with Crippen LogP contribution in [0.25, 0.3) is 0 Å². The summed E-state index contributed by atoms with van der Waals surface area (Å²) >= 11 is 0. The molecule has 4 N–H and O–H groups in total. The second-order valence-corrected chi connectivity index (χ2v) is 5.21. The topological polar surface area (TPSA) is 84.2 Å². The largest absolute Gasteiger partial charge is 0.405 e.